The first-order chi connectivity index (χ1) is 15.5. The molecule has 1 aromatic carbocycles. The van der Waals surface area contributed by atoms with Crippen LogP contribution in [0, 0.1) is 19.7 Å². The fourth-order valence-electron chi connectivity index (χ4n) is 3.40. The molecule has 0 bridgehead atoms. The summed E-state index contributed by atoms with van der Waals surface area (Å²) in [6.45, 7) is 5.40. The summed E-state index contributed by atoms with van der Waals surface area (Å²) in [5.41, 5.74) is 5.26. The summed E-state index contributed by atoms with van der Waals surface area (Å²) >= 11 is 0. The number of pyridine rings is 1. The molecule has 0 aliphatic heterocycles. The van der Waals surface area contributed by atoms with E-state index < -0.39 is 0 Å². The van der Waals surface area contributed by atoms with Gasteiger partial charge >= 0.3 is 0 Å². The molecular formula is C24H25FN6O. The van der Waals surface area contributed by atoms with Crippen molar-refractivity contribution in [3.63, 3.8) is 0 Å². The van der Waals surface area contributed by atoms with Crippen LogP contribution in [-0.4, -0.2) is 37.0 Å². The standard InChI is InChI=1S/C24H25FN6O/c1-17-3-8-21(27-16-17)23-15-22(19-4-6-20(25)7-5-19)29-31(23)14-12-26-24(32)10-13-30-18(2)9-11-28-30/h3-9,11,15-16H,10,12-14H2,1-2H3,(H,26,32). The van der Waals surface area contributed by atoms with Crippen molar-refractivity contribution in [1.82, 2.24) is 29.9 Å². The Morgan fingerprint density at radius 3 is 2.50 bits per heavy atom. The number of carbonyl (C=O) groups is 1. The Bertz CT molecular complexity index is 1190. The van der Waals surface area contributed by atoms with Crippen molar-refractivity contribution >= 4 is 5.91 Å². The van der Waals surface area contributed by atoms with Gasteiger partial charge in [0.05, 0.1) is 23.6 Å². The topological polar surface area (TPSA) is 77.6 Å². The van der Waals surface area contributed by atoms with E-state index in [1.54, 1.807) is 18.3 Å². The van der Waals surface area contributed by atoms with Crippen molar-refractivity contribution in [3.8, 4) is 22.6 Å². The minimum absolute atomic E-state index is 0.0409. The number of benzene rings is 1. The Morgan fingerprint density at radius 2 is 1.81 bits per heavy atom. The van der Waals surface area contributed by atoms with E-state index in [4.69, 9.17) is 5.10 Å². The Morgan fingerprint density at radius 1 is 1.00 bits per heavy atom. The Kier molecular flexibility index (Phi) is 6.39. The second-order valence-corrected chi connectivity index (χ2v) is 7.66. The van der Waals surface area contributed by atoms with Crippen molar-refractivity contribution in [2.45, 2.75) is 33.4 Å². The molecule has 8 heteroatoms. The zero-order valence-corrected chi connectivity index (χ0v) is 18.1. The number of hydrogen-bond donors (Lipinski definition) is 1. The molecule has 1 N–H and O–H groups in total. The molecule has 164 valence electrons. The third-order valence-electron chi connectivity index (χ3n) is 5.22. The summed E-state index contributed by atoms with van der Waals surface area (Å²) in [7, 11) is 0. The first-order valence-electron chi connectivity index (χ1n) is 10.5. The molecule has 0 unspecified atom stereocenters. The van der Waals surface area contributed by atoms with Gasteiger partial charge in [-0.25, -0.2) is 4.39 Å². The minimum Gasteiger partial charge on any atom is -0.354 e. The van der Waals surface area contributed by atoms with Crippen LogP contribution < -0.4 is 5.32 Å². The van der Waals surface area contributed by atoms with Crippen LogP contribution >= 0.6 is 0 Å². The molecule has 32 heavy (non-hydrogen) atoms. The van der Waals surface area contributed by atoms with Gasteiger partial charge in [0.1, 0.15) is 5.82 Å². The van der Waals surface area contributed by atoms with Crippen LogP contribution in [-0.2, 0) is 17.9 Å². The molecular weight excluding hydrogens is 407 g/mol. The first kappa shape index (κ1) is 21.4. The van der Waals surface area contributed by atoms with E-state index in [9.17, 15) is 9.18 Å². The first-order valence-corrected chi connectivity index (χ1v) is 10.5. The summed E-state index contributed by atoms with van der Waals surface area (Å²) in [6, 6.07) is 14.0. The summed E-state index contributed by atoms with van der Waals surface area (Å²) in [6.07, 6.45) is 3.89. The number of nitrogens with zero attached hydrogens (tertiary/aromatic N) is 5. The highest BCUT2D eigenvalue weighted by molar-refractivity contribution is 5.75. The summed E-state index contributed by atoms with van der Waals surface area (Å²) in [5.74, 6) is -0.331. The van der Waals surface area contributed by atoms with Crippen LogP contribution in [0.3, 0.4) is 0 Å². The summed E-state index contributed by atoms with van der Waals surface area (Å²) in [4.78, 5) is 16.8. The molecule has 0 atom stereocenters. The summed E-state index contributed by atoms with van der Waals surface area (Å²) < 4.78 is 17.0. The molecule has 3 aromatic heterocycles. The number of nitrogens with one attached hydrogen (secondary N) is 1. The average molecular weight is 433 g/mol. The predicted octanol–water partition coefficient (Wildman–Crippen LogP) is 3.77. The molecule has 0 aliphatic carbocycles. The van der Waals surface area contributed by atoms with Crippen molar-refractivity contribution in [1.29, 1.82) is 0 Å². The molecule has 7 nitrogen and oxygen atoms in total. The molecule has 4 aromatic rings. The van der Waals surface area contributed by atoms with Gasteiger partial charge in [-0.1, -0.05) is 6.07 Å². The van der Waals surface area contributed by atoms with Gasteiger partial charge in [-0.3, -0.25) is 19.1 Å². The van der Waals surface area contributed by atoms with Crippen LogP contribution in [0.15, 0.2) is 60.9 Å². The zero-order chi connectivity index (χ0) is 22.5. The van der Waals surface area contributed by atoms with Crippen molar-refractivity contribution < 1.29 is 9.18 Å². The predicted molar refractivity (Wildman–Crippen MR) is 120 cm³/mol. The van der Waals surface area contributed by atoms with Crippen molar-refractivity contribution in [3.05, 3.63) is 78.0 Å². The van der Waals surface area contributed by atoms with Crippen molar-refractivity contribution in [2.24, 2.45) is 0 Å². The highest BCUT2D eigenvalue weighted by Gasteiger charge is 2.13. The highest BCUT2D eigenvalue weighted by atomic mass is 19.1. The quantitative estimate of drug-likeness (QED) is 0.460. The lowest BCUT2D eigenvalue weighted by molar-refractivity contribution is -0.121. The molecule has 0 aliphatic rings. The van der Waals surface area contributed by atoms with Gasteiger partial charge in [0.2, 0.25) is 5.91 Å². The number of hydrogen-bond acceptors (Lipinski definition) is 4. The van der Waals surface area contributed by atoms with E-state index in [1.165, 1.54) is 12.1 Å². The fraction of sp³-hybridized carbons (Fsp3) is 0.250. The lowest BCUT2D eigenvalue weighted by Crippen LogP contribution is -2.28. The number of carbonyl (C=O) groups excluding carboxylic acids is 1. The third-order valence-corrected chi connectivity index (χ3v) is 5.22. The molecule has 3 heterocycles. The van der Waals surface area contributed by atoms with E-state index >= 15 is 0 Å². The normalized spacial score (nSPS) is 11.0. The highest BCUT2D eigenvalue weighted by Crippen LogP contribution is 2.25. The number of halogens is 1. The molecule has 0 radical (unpaired) electrons. The van der Waals surface area contributed by atoms with Crippen LogP contribution in [0.1, 0.15) is 17.7 Å². The second kappa shape index (κ2) is 9.55. The monoisotopic (exact) mass is 432 g/mol. The number of amides is 1. The van der Waals surface area contributed by atoms with Gasteiger partial charge < -0.3 is 5.32 Å². The maximum absolute atomic E-state index is 13.3. The van der Waals surface area contributed by atoms with Gasteiger partial charge in [0.25, 0.3) is 0 Å². The molecule has 0 fully saturated rings. The maximum Gasteiger partial charge on any atom is 0.221 e. The molecule has 4 rings (SSSR count). The van der Waals surface area contributed by atoms with Crippen LogP contribution in [0.5, 0.6) is 0 Å². The van der Waals surface area contributed by atoms with Gasteiger partial charge in [-0.05, 0) is 61.9 Å². The molecule has 0 spiro atoms. The maximum atomic E-state index is 13.3. The van der Waals surface area contributed by atoms with E-state index in [1.807, 2.05) is 53.7 Å². The van der Waals surface area contributed by atoms with Crippen LogP contribution in [0.25, 0.3) is 22.6 Å². The third kappa shape index (κ3) is 5.08. The molecule has 1 amide bonds. The number of aryl methyl sites for hydroxylation is 3. The molecule has 0 saturated carbocycles. The second-order valence-electron chi connectivity index (χ2n) is 7.66. The van der Waals surface area contributed by atoms with Gasteiger partial charge in [0.15, 0.2) is 0 Å². The van der Waals surface area contributed by atoms with Gasteiger partial charge in [0, 0.05) is 43.2 Å². The van der Waals surface area contributed by atoms with Gasteiger partial charge in [-0.15, -0.1) is 0 Å². The van der Waals surface area contributed by atoms with E-state index in [2.05, 4.69) is 15.4 Å². The molecule has 0 saturated heterocycles. The lowest BCUT2D eigenvalue weighted by Gasteiger charge is -2.09. The average Bonchev–Trinajstić information content (AvgIpc) is 3.39. The van der Waals surface area contributed by atoms with E-state index in [-0.39, 0.29) is 11.7 Å². The van der Waals surface area contributed by atoms with Crippen LogP contribution in [0.2, 0.25) is 0 Å². The summed E-state index contributed by atoms with van der Waals surface area (Å²) in [5, 5.41) is 11.8. The lowest BCUT2D eigenvalue weighted by atomic mass is 10.1. The van der Waals surface area contributed by atoms with Crippen molar-refractivity contribution in [2.75, 3.05) is 6.54 Å². The van der Waals surface area contributed by atoms with E-state index in [0.29, 0.717) is 26.1 Å². The number of aromatic nitrogens is 5. The number of rotatable bonds is 8. The fourth-order valence-corrected chi connectivity index (χ4v) is 3.40. The van der Waals surface area contributed by atoms with Gasteiger partial charge in [-0.2, -0.15) is 10.2 Å². The smallest absolute Gasteiger partial charge is 0.221 e. The SMILES string of the molecule is Cc1ccc(-c2cc(-c3ccc(F)cc3)nn2CCNC(=O)CCn2nccc2C)nc1. The Balaban J connectivity index is 1.46. The minimum atomic E-state index is -0.290. The zero-order valence-electron chi connectivity index (χ0n) is 18.1. The van der Waals surface area contributed by atoms with E-state index in [0.717, 1.165) is 33.9 Å². The Hall–Kier alpha value is -3.81. The van der Waals surface area contributed by atoms with Crippen LogP contribution in [0.4, 0.5) is 4.39 Å². The largest absolute Gasteiger partial charge is 0.354 e. The Labute approximate surface area is 185 Å².